The molecule has 0 amide bonds. The van der Waals surface area contributed by atoms with E-state index < -0.39 is 27.2 Å². The molecule has 0 spiro atoms. The van der Waals surface area contributed by atoms with Crippen LogP contribution in [0, 0.1) is 24.5 Å². The zero-order chi connectivity index (χ0) is 25.0. The molecule has 4 aromatic rings. The Morgan fingerprint density at radius 2 is 1.86 bits per heavy atom. The summed E-state index contributed by atoms with van der Waals surface area (Å²) in [5.74, 6) is -0.455. The van der Waals surface area contributed by atoms with Crippen molar-refractivity contribution in [3.8, 4) is 0 Å². The van der Waals surface area contributed by atoms with E-state index in [4.69, 9.17) is 4.98 Å². The summed E-state index contributed by atoms with van der Waals surface area (Å²) >= 11 is 0. The third-order valence-corrected chi connectivity index (χ3v) is 8.37. The maximum atomic E-state index is 14.9. The molecular formula is C25H25F2N5O2S. The Balaban J connectivity index is 1.55. The minimum absolute atomic E-state index is 0.0150. The van der Waals surface area contributed by atoms with Crippen LogP contribution in [0.5, 0.6) is 0 Å². The quantitative estimate of drug-likeness (QED) is 0.425. The average Bonchev–Trinajstić information content (AvgIpc) is 3.35. The van der Waals surface area contributed by atoms with E-state index in [0.717, 1.165) is 24.1 Å². The molecule has 3 heterocycles. The van der Waals surface area contributed by atoms with Crippen molar-refractivity contribution in [2.45, 2.75) is 37.6 Å². The highest BCUT2D eigenvalue weighted by molar-refractivity contribution is 7.92. The van der Waals surface area contributed by atoms with Crippen molar-refractivity contribution in [2.24, 2.45) is 5.92 Å². The number of fused-ring (bicyclic) bond motifs is 1. The molecular weight excluding hydrogens is 472 g/mol. The number of rotatable bonds is 5. The van der Waals surface area contributed by atoms with Gasteiger partial charge in [0.15, 0.2) is 5.65 Å². The van der Waals surface area contributed by atoms with E-state index in [2.05, 4.69) is 9.82 Å². The van der Waals surface area contributed by atoms with Gasteiger partial charge in [0.25, 0.3) is 10.0 Å². The molecule has 1 aliphatic heterocycles. The van der Waals surface area contributed by atoms with E-state index in [1.165, 1.54) is 28.9 Å². The van der Waals surface area contributed by atoms with Gasteiger partial charge >= 0.3 is 0 Å². The van der Waals surface area contributed by atoms with Crippen molar-refractivity contribution in [3.63, 3.8) is 0 Å². The number of halogens is 2. The SMILES string of the molecule is Cc1ccc(S(=O)(=O)Nc2cnn3ccc(N4CC[C@@H](C)[C@]4(C)c4cc(F)ccc4F)nc23)cc1. The number of aryl methyl sites for hydroxylation is 1. The first-order valence-corrected chi connectivity index (χ1v) is 12.7. The molecule has 5 rings (SSSR count). The van der Waals surface area contributed by atoms with E-state index in [9.17, 15) is 17.2 Å². The van der Waals surface area contributed by atoms with Crippen LogP contribution >= 0.6 is 0 Å². The molecule has 0 saturated carbocycles. The molecule has 0 unspecified atom stereocenters. The average molecular weight is 498 g/mol. The smallest absolute Gasteiger partial charge is 0.262 e. The van der Waals surface area contributed by atoms with Gasteiger partial charge in [0.05, 0.1) is 16.6 Å². The van der Waals surface area contributed by atoms with E-state index in [0.29, 0.717) is 18.0 Å². The molecule has 1 N–H and O–H groups in total. The van der Waals surface area contributed by atoms with Crippen molar-refractivity contribution in [1.29, 1.82) is 0 Å². The first-order chi connectivity index (χ1) is 16.6. The Morgan fingerprint density at radius 1 is 1.11 bits per heavy atom. The Kier molecular flexibility index (Phi) is 5.51. The van der Waals surface area contributed by atoms with E-state index in [1.54, 1.807) is 24.4 Å². The summed E-state index contributed by atoms with van der Waals surface area (Å²) in [6, 6.07) is 11.7. The standard InChI is InChI=1S/C25H25F2N5O2S/c1-16-4-7-19(8-5-16)35(33,34)30-22-15-28-32-13-11-23(29-24(22)32)31-12-10-17(2)25(31,3)20-14-18(26)6-9-21(20)27/h4-9,11,13-15,17,30H,10,12H2,1-3H3/t17-,25-/m1/s1. The van der Waals surface area contributed by atoms with Gasteiger partial charge in [-0.1, -0.05) is 24.6 Å². The van der Waals surface area contributed by atoms with Crippen LogP contribution in [0.25, 0.3) is 5.65 Å². The summed E-state index contributed by atoms with van der Waals surface area (Å²) in [6.07, 6.45) is 3.83. The van der Waals surface area contributed by atoms with E-state index in [1.807, 2.05) is 25.7 Å². The normalized spacial score (nSPS) is 20.5. The van der Waals surface area contributed by atoms with Crippen LogP contribution in [0.3, 0.4) is 0 Å². The van der Waals surface area contributed by atoms with Crippen molar-refractivity contribution >= 4 is 27.2 Å². The molecule has 2 atom stereocenters. The van der Waals surface area contributed by atoms with Gasteiger partial charge in [-0.05, 0) is 62.6 Å². The molecule has 7 nitrogen and oxygen atoms in total. The molecule has 182 valence electrons. The van der Waals surface area contributed by atoms with Crippen molar-refractivity contribution in [3.05, 3.63) is 83.7 Å². The predicted molar refractivity (Wildman–Crippen MR) is 130 cm³/mol. The van der Waals surface area contributed by atoms with Gasteiger partial charge < -0.3 is 4.90 Å². The van der Waals surface area contributed by atoms with Crippen LogP contribution in [-0.4, -0.2) is 29.6 Å². The zero-order valence-corrected chi connectivity index (χ0v) is 20.4. The highest BCUT2D eigenvalue weighted by atomic mass is 32.2. The first-order valence-electron chi connectivity index (χ1n) is 11.3. The number of aromatic nitrogens is 3. The largest absolute Gasteiger partial charge is 0.347 e. The monoisotopic (exact) mass is 497 g/mol. The topological polar surface area (TPSA) is 79.6 Å². The number of sulfonamides is 1. The van der Waals surface area contributed by atoms with Crippen LogP contribution in [0.2, 0.25) is 0 Å². The Bertz CT molecular complexity index is 1520. The minimum atomic E-state index is -3.86. The summed E-state index contributed by atoms with van der Waals surface area (Å²) < 4.78 is 58.9. The Labute approximate surface area is 202 Å². The second-order valence-electron chi connectivity index (χ2n) is 9.14. The Hall–Kier alpha value is -3.53. The van der Waals surface area contributed by atoms with Crippen LogP contribution in [-0.2, 0) is 15.6 Å². The van der Waals surface area contributed by atoms with Gasteiger partial charge in [0.2, 0.25) is 0 Å². The first kappa shape index (κ1) is 23.2. The number of hydrogen-bond donors (Lipinski definition) is 1. The molecule has 10 heteroatoms. The van der Waals surface area contributed by atoms with Gasteiger partial charge in [-0.25, -0.2) is 26.7 Å². The number of benzene rings is 2. The fourth-order valence-electron chi connectivity index (χ4n) is 4.75. The lowest BCUT2D eigenvalue weighted by atomic mass is 9.81. The van der Waals surface area contributed by atoms with Gasteiger partial charge in [0, 0.05) is 18.3 Å². The van der Waals surface area contributed by atoms with Gasteiger partial charge in [-0.15, -0.1) is 0 Å². The lowest BCUT2D eigenvalue weighted by Gasteiger charge is -2.40. The number of hydrogen-bond acceptors (Lipinski definition) is 5. The van der Waals surface area contributed by atoms with Crippen molar-refractivity contribution < 1.29 is 17.2 Å². The highest BCUT2D eigenvalue weighted by Gasteiger charge is 2.46. The predicted octanol–water partition coefficient (Wildman–Crippen LogP) is 4.88. The molecule has 2 aromatic carbocycles. The summed E-state index contributed by atoms with van der Waals surface area (Å²) in [6.45, 7) is 6.34. The molecule has 2 aromatic heterocycles. The lowest BCUT2D eigenvalue weighted by molar-refractivity contribution is 0.353. The number of nitrogens with one attached hydrogen (secondary N) is 1. The minimum Gasteiger partial charge on any atom is -0.347 e. The van der Waals surface area contributed by atoms with Gasteiger partial charge in [-0.3, -0.25) is 4.72 Å². The van der Waals surface area contributed by atoms with Gasteiger partial charge in [-0.2, -0.15) is 5.10 Å². The summed E-state index contributed by atoms with van der Waals surface area (Å²) in [5.41, 5.74) is 0.888. The molecule has 35 heavy (non-hydrogen) atoms. The molecule has 1 fully saturated rings. The second-order valence-corrected chi connectivity index (χ2v) is 10.8. The second kappa shape index (κ2) is 8.30. The van der Waals surface area contributed by atoms with Crippen LogP contribution in [0.15, 0.2) is 65.8 Å². The van der Waals surface area contributed by atoms with Crippen LogP contribution < -0.4 is 9.62 Å². The highest BCUT2D eigenvalue weighted by Crippen LogP contribution is 2.46. The maximum Gasteiger partial charge on any atom is 0.262 e. The van der Waals surface area contributed by atoms with Crippen molar-refractivity contribution in [1.82, 2.24) is 14.6 Å². The molecule has 0 aliphatic carbocycles. The van der Waals surface area contributed by atoms with Gasteiger partial charge in [0.1, 0.15) is 23.1 Å². The third kappa shape index (κ3) is 3.91. The molecule has 0 bridgehead atoms. The fraction of sp³-hybridized carbons (Fsp3) is 0.280. The summed E-state index contributed by atoms with van der Waals surface area (Å²) in [7, 11) is -3.86. The van der Waals surface area contributed by atoms with Crippen LogP contribution in [0.4, 0.5) is 20.3 Å². The number of anilines is 2. The summed E-state index contributed by atoms with van der Waals surface area (Å²) in [5, 5.41) is 4.21. The number of nitrogens with zero attached hydrogens (tertiary/aromatic N) is 4. The third-order valence-electron chi connectivity index (χ3n) is 6.99. The zero-order valence-electron chi connectivity index (χ0n) is 19.5. The fourth-order valence-corrected chi connectivity index (χ4v) is 5.80. The van der Waals surface area contributed by atoms with Crippen LogP contribution in [0.1, 0.15) is 31.4 Å². The van der Waals surface area contributed by atoms with Crippen molar-refractivity contribution in [2.75, 3.05) is 16.2 Å². The Morgan fingerprint density at radius 3 is 2.60 bits per heavy atom. The van der Waals surface area contributed by atoms with E-state index in [-0.39, 0.29) is 22.1 Å². The molecule has 1 aliphatic rings. The molecule has 0 radical (unpaired) electrons. The van der Waals surface area contributed by atoms with E-state index >= 15 is 0 Å². The lowest BCUT2D eigenvalue weighted by Crippen LogP contribution is -2.43. The summed E-state index contributed by atoms with van der Waals surface area (Å²) in [4.78, 5) is 6.77. The molecule has 1 saturated heterocycles. The maximum absolute atomic E-state index is 14.9.